The van der Waals surface area contributed by atoms with Crippen LogP contribution in [0.3, 0.4) is 0 Å². The Morgan fingerprint density at radius 1 is 1.26 bits per heavy atom. The second kappa shape index (κ2) is 9.08. The summed E-state index contributed by atoms with van der Waals surface area (Å²) < 4.78 is 10.8. The van der Waals surface area contributed by atoms with Crippen LogP contribution < -0.4 is 0 Å². The summed E-state index contributed by atoms with van der Waals surface area (Å²) in [6.45, 7) is 7.06. The van der Waals surface area contributed by atoms with E-state index >= 15 is 0 Å². The highest BCUT2D eigenvalue weighted by atomic mass is 16.7. The van der Waals surface area contributed by atoms with Crippen LogP contribution in [-0.2, 0) is 9.47 Å². The molecule has 7 heteroatoms. The predicted octanol–water partition coefficient (Wildman–Crippen LogP) is -0.454. The van der Waals surface area contributed by atoms with E-state index in [0.717, 1.165) is 12.8 Å². The molecule has 0 aromatic rings. The van der Waals surface area contributed by atoms with Crippen molar-refractivity contribution in [3.8, 4) is 0 Å². The van der Waals surface area contributed by atoms with E-state index in [1.165, 1.54) is 6.08 Å². The Morgan fingerprint density at radius 3 is 2.48 bits per heavy atom. The summed E-state index contributed by atoms with van der Waals surface area (Å²) in [6, 6.07) is 0. The minimum absolute atomic E-state index is 0.156. The SMILES string of the molecule is C=C[C@](C)(O)CCC[C@H](C)CO[C@@H]1O[C@H](CO)[C@@H](O)[C@H](O)[C@H]1O. The predicted molar refractivity (Wildman–Crippen MR) is 83.6 cm³/mol. The zero-order valence-corrected chi connectivity index (χ0v) is 13.8. The van der Waals surface area contributed by atoms with E-state index in [-0.39, 0.29) is 5.92 Å². The third kappa shape index (κ3) is 6.11. The lowest BCUT2D eigenvalue weighted by Gasteiger charge is -2.39. The zero-order chi connectivity index (χ0) is 17.6. The van der Waals surface area contributed by atoms with Crippen LogP contribution in [0, 0.1) is 5.92 Å². The van der Waals surface area contributed by atoms with Gasteiger partial charge in [-0.05, 0) is 32.1 Å². The topological polar surface area (TPSA) is 120 Å². The van der Waals surface area contributed by atoms with Crippen molar-refractivity contribution in [1.82, 2.24) is 0 Å². The Morgan fingerprint density at radius 2 is 1.91 bits per heavy atom. The highest BCUT2D eigenvalue weighted by Gasteiger charge is 2.44. The third-order valence-corrected chi connectivity index (χ3v) is 4.21. The van der Waals surface area contributed by atoms with Crippen LogP contribution in [0.4, 0.5) is 0 Å². The Hall–Kier alpha value is -0.540. The van der Waals surface area contributed by atoms with E-state index in [4.69, 9.17) is 14.6 Å². The molecule has 136 valence electrons. The molecular weight excluding hydrogens is 304 g/mol. The highest BCUT2D eigenvalue weighted by molar-refractivity contribution is 4.91. The largest absolute Gasteiger partial charge is 0.394 e. The van der Waals surface area contributed by atoms with Crippen LogP contribution in [0.1, 0.15) is 33.1 Å². The van der Waals surface area contributed by atoms with Crippen LogP contribution in [0.25, 0.3) is 0 Å². The number of rotatable bonds is 9. The summed E-state index contributed by atoms with van der Waals surface area (Å²) in [5, 5.41) is 48.2. The molecule has 0 unspecified atom stereocenters. The van der Waals surface area contributed by atoms with Gasteiger partial charge in [0.15, 0.2) is 6.29 Å². The normalized spacial score (nSPS) is 35.5. The van der Waals surface area contributed by atoms with E-state index in [2.05, 4.69) is 6.58 Å². The minimum atomic E-state index is -1.43. The average Bonchev–Trinajstić information content (AvgIpc) is 2.52. The van der Waals surface area contributed by atoms with Gasteiger partial charge in [-0.25, -0.2) is 0 Å². The molecule has 0 aliphatic carbocycles. The number of hydrogen-bond acceptors (Lipinski definition) is 7. The Labute approximate surface area is 137 Å². The highest BCUT2D eigenvalue weighted by Crippen LogP contribution is 2.23. The molecule has 1 fully saturated rings. The van der Waals surface area contributed by atoms with Gasteiger partial charge in [-0.1, -0.05) is 13.0 Å². The molecule has 0 aromatic heterocycles. The number of aliphatic hydroxyl groups is 5. The molecule has 1 heterocycles. The van der Waals surface area contributed by atoms with Crippen molar-refractivity contribution in [3.05, 3.63) is 12.7 Å². The van der Waals surface area contributed by atoms with Gasteiger partial charge < -0.3 is 35.0 Å². The molecule has 0 bridgehead atoms. The van der Waals surface area contributed by atoms with Crippen molar-refractivity contribution in [3.63, 3.8) is 0 Å². The van der Waals surface area contributed by atoms with Gasteiger partial charge in [0, 0.05) is 0 Å². The molecule has 1 rings (SSSR count). The van der Waals surface area contributed by atoms with Crippen molar-refractivity contribution in [1.29, 1.82) is 0 Å². The van der Waals surface area contributed by atoms with E-state index in [9.17, 15) is 20.4 Å². The summed E-state index contributed by atoms with van der Waals surface area (Å²) in [5.74, 6) is 0.156. The first-order valence-corrected chi connectivity index (χ1v) is 8.00. The van der Waals surface area contributed by atoms with E-state index in [0.29, 0.717) is 13.0 Å². The fraction of sp³-hybridized carbons (Fsp3) is 0.875. The second-order valence-electron chi connectivity index (χ2n) is 6.59. The Bertz CT molecular complexity index is 358. The lowest BCUT2D eigenvalue weighted by atomic mass is 9.96. The number of ether oxygens (including phenoxy) is 2. The van der Waals surface area contributed by atoms with Gasteiger partial charge in [-0.15, -0.1) is 6.58 Å². The molecule has 0 saturated carbocycles. The number of aliphatic hydroxyl groups excluding tert-OH is 4. The molecule has 5 N–H and O–H groups in total. The fourth-order valence-electron chi connectivity index (χ4n) is 2.46. The molecule has 0 amide bonds. The maximum Gasteiger partial charge on any atom is 0.186 e. The molecule has 1 saturated heterocycles. The molecule has 1 aliphatic rings. The lowest BCUT2D eigenvalue weighted by Crippen LogP contribution is -2.59. The van der Waals surface area contributed by atoms with Crippen molar-refractivity contribution in [2.75, 3.05) is 13.2 Å². The summed E-state index contributed by atoms with van der Waals surface area (Å²) in [7, 11) is 0. The van der Waals surface area contributed by atoms with E-state index in [1.807, 2.05) is 6.92 Å². The zero-order valence-electron chi connectivity index (χ0n) is 13.8. The van der Waals surface area contributed by atoms with Gasteiger partial charge in [0.1, 0.15) is 24.4 Å². The lowest BCUT2D eigenvalue weighted by molar-refractivity contribution is -0.303. The average molecular weight is 334 g/mol. The smallest absolute Gasteiger partial charge is 0.186 e. The van der Waals surface area contributed by atoms with Gasteiger partial charge in [0.2, 0.25) is 0 Å². The second-order valence-corrected chi connectivity index (χ2v) is 6.59. The fourth-order valence-corrected chi connectivity index (χ4v) is 2.46. The molecular formula is C16H30O7. The summed E-state index contributed by atoms with van der Waals surface area (Å²) >= 11 is 0. The molecule has 0 aromatic carbocycles. The summed E-state index contributed by atoms with van der Waals surface area (Å²) in [5.41, 5.74) is -0.877. The first-order valence-electron chi connectivity index (χ1n) is 8.00. The number of hydrogen-bond donors (Lipinski definition) is 5. The van der Waals surface area contributed by atoms with Crippen molar-refractivity contribution < 1.29 is 35.0 Å². The molecule has 0 radical (unpaired) electrons. The van der Waals surface area contributed by atoms with Crippen molar-refractivity contribution >= 4 is 0 Å². The molecule has 0 spiro atoms. The third-order valence-electron chi connectivity index (χ3n) is 4.21. The first-order chi connectivity index (χ1) is 10.7. The van der Waals surface area contributed by atoms with Crippen molar-refractivity contribution in [2.45, 2.75) is 69.4 Å². The standard InChI is InChI=1S/C16H30O7/c1-4-16(3,21)7-5-6-10(2)9-22-15-14(20)13(19)12(18)11(8-17)23-15/h4,10-15,17-21H,1,5-9H2,2-3H3/t10-,11+,12+,13-,14+,15+,16-/m0/s1. The Balaban J connectivity index is 2.37. The first kappa shape index (κ1) is 20.5. The van der Waals surface area contributed by atoms with Gasteiger partial charge >= 0.3 is 0 Å². The molecule has 23 heavy (non-hydrogen) atoms. The van der Waals surface area contributed by atoms with Crippen molar-refractivity contribution in [2.24, 2.45) is 5.92 Å². The summed E-state index contributed by atoms with van der Waals surface area (Å²) in [4.78, 5) is 0. The molecule has 7 nitrogen and oxygen atoms in total. The molecule has 1 aliphatic heterocycles. The maximum atomic E-state index is 9.86. The molecule has 7 atom stereocenters. The van der Waals surface area contributed by atoms with Gasteiger partial charge in [0.05, 0.1) is 18.8 Å². The van der Waals surface area contributed by atoms with Crippen LogP contribution in [0.2, 0.25) is 0 Å². The maximum absolute atomic E-state index is 9.86. The van der Waals surface area contributed by atoms with Crippen LogP contribution in [-0.4, -0.2) is 75.1 Å². The van der Waals surface area contributed by atoms with Crippen LogP contribution in [0.15, 0.2) is 12.7 Å². The van der Waals surface area contributed by atoms with Gasteiger partial charge in [-0.3, -0.25) is 0 Å². The van der Waals surface area contributed by atoms with Gasteiger partial charge in [0.25, 0.3) is 0 Å². The minimum Gasteiger partial charge on any atom is -0.394 e. The Kier molecular flexibility index (Phi) is 8.09. The van der Waals surface area contributed by atoms with Gasteiger partial charge in [-0.2, -0.15) is 0 Å². The van der Waals surface area contributed by atoms with Crippen LogP contribution >= 0.6 is 0 Å². The monoisotopic (exact) mass is 334 g/mol. The van der Waals surface area contributed by atoms with Crippen LogP contribution in [0.5, 0.6) is 0 Å². The van der Waals surface area contributed by atoms with E-state index in [1.54, 1.807) is 6.92 Å². The summed E-state index contributed by atoms with van der Waals surface area (Å²) in [6.07, 6.45) is -2.53. The van der Waals surface area contributed by atoms with E-state index < -0.39 is 42.9 Å². The quantitative estimate of drug-likeness (QED) is 0.362.